The lowest BCUT2D eigenvalue weighted by molar-refractivity contribution is -0.131. The number of para-hydroxylation sites is 1. The Kier molecular flexibility index (Phi) is 19.3. The average Bonchev–Trinajstić information content (AvgIpc) is 1.10. The van der Waals surface area contributed by atoms with Crippen LogP contribution < -0.4 is 19.6 Å². The Labute approximate surface area is 717 Å². The summed E-state index contributed by atoms with van der Waals surface area (Å²) in [4.78, 5) is 30.6. The molecule has 121 heavy (non-hydrogen) atoms. The molecule has 574 valence electrons. The molecule has 2 amide bonds. The average molecular weight is 1680 g/mol. The first-order valence-electron chi connectivity index (χ1n) is 40.9. The summed E-state index contributed by atoms with van der Waals surface area (Å²) < 4.78 is 2.03. The number of hydrogen-bond donors (Lipinski definition) is 0. The van der Waals surface area contributed by atoms with Crippen molar-refractivity contribution in [2.75, 3.05) is 19.6 Å². The van der Waals surface area contributed by atoms with Crippen LogP contribution in [0.2, 0.25) is 0 Å². The maximum atomic E-state index is 10.4. The van der Waals surface area contributed by atoms with Gasteiger partial charge in [0.05, 0.1) is 50.3 Å². The second kappa shape index (κ2) is 31.6. The fourth-order valence-corrected chi connectivity index (χ4v) is 18.8. The van der Waals surface area contributed by atoms with Crippen molar-refractivity contribution in [2.45, 2.75) is 12.8 Å². The number of hydrogen-bond acceptors (Lipinski definition) is 6. The number of amides is 2. The van der Waals surface area contributed by atoms with E-state index in [1.807, 2.05) is 0 Å². The predicted octanol–water partition coefficient (Wildman–Crippen LogP) is 32.3. The molecule has 0 aromatic heterocycles. The molecule has 0 spiro atoms. The summed E-state index contributed by atoms with van der Waals surface area (Å²) in [6, 6.07) is 157. The highest BCUT2D eigenvalue weighted by atomic mass is 79.9. The molecule has 0 atom stereocenters. The first-order valence-corrected chi connectivity index (χ1v) is 42.4. The van der Waals surface area contributed by atoms with Crippen molar-refractivity contribution in [3.63, 3.8) is 0 Å². The van der Waals surface area contributed by atoms with Gasteiger partial charge in [0.25, 0.3) is 0 Å². The Bertz CT molecular complexity index is 7580. The maximum Gasteiger partial charge on any atom is 0.239 e. The molecule has 22 aromatic rings. The molecular formula is C112H75Br2N5O2. The number of carbonyl (C=O) groups excluding carboxylic acids is 2. The topological polar surface area (TPSA) is 50.3 Å². The van der Waals surface area contributed by atoms with Gasteiger partial charge in [-0.1, -0.05) is 325 Å². The number of benzene rings is 22. The molecule has 0 aliphatic carbocycles. The van der Waals surface area contributed by atoms with Crippen LogP contribution in [0.5, 0.6) is 0 Å². The number of imide groups is 1. The lowest BCUT2D eigenvalue weighted by atomic mass is 9.96. The zero-order chi connectivity index (χ0) is 81.0. The normalized spacial score (nSPS) is 12.2. The molecule has 1 fully saturated rings. The van der Waals surface area contributed by atoms with E-state index in [0.29, 0.717) is 12.8 Å². The van der Waals surface area contributed by atoms with Gasteiger partial charge in [-0.05, 0) is 218 Å². The minimum absolute atomic E-state index is 0.144. The van der Waals surface area contributed by atoms with E-state index in [4.69, 9.17) is 0 Å². The highest BCUT2D eigenvalue weighted by molar-refractivity contribution is 9.10. The molecule has 1 heterocycles. The SMILES string of the molecule is Brc1ccc(N(c2ccc(N(c3cc4ccccc4c4ccccc34)c3cc4ccccc4c4ccccc34)cc2)c2cc3ccccc3c3ccccc23)cc1.O=C1CCC(=O)N1Br.c1ccc(N(c2ccc(N(c3cc4ccccc4c4ccccc34)c3cc4ccccc4c4ccccc34)cc2)c2cc3ccccc3c3ccccc23)cc1. The summed E-state index contributed by atoms with van der Waals surface area (Å²) in [7, 11) is 0. The first-order chi connectivity index (χ1) is 59.7. The highest BCUT2D eigenvalue weighted by Gasteiger charge is 2.28. The van der Waals surface area contributed by atoms with Gasteiger partial charge >= 0.3 is 0 Å². The minimum atomic E-state index is -0.144. The van der Waals surface area contributed by atoms with Gasteiger partial charge in [0.2, 0.25) is 11.8 Å². The lowest BCUT2D eigenvalue weighted by Gasteiger charge is -2.31. The molecule has 9 heteroatoms. The van der Waals surface area contributed by atoms with Crippen LogP contribution in [0.1, 0.15) is 12.8 Å². The molecule has 7 nitrogen and oxygen atoms in total. The van der Waals surface area contributed by atoms with E-state index in [-0.39, 0.29) is 11.8 Å². The number of anilines is 12. The van der Waals surface area contributed by atoms with Crippen LogP contribution in [0.25, 0.3) is 129 Å². The van der Waals surface area contributed by atoms with Crippen LogP contribution in [0.15, 0.2) is 435 Å². The number of nitrogens with zero attached hydrogens (tertiary/aromatic N) is 5. The summed E-state index contributed by atoms with van der Waals surface area (Å²) in [6.45, 7) is 0. The molecule has 0 unspecified atom stereocenters. The molecule has 1 saturated heterocycles. The van der Waals surface area contributed by atoms with Gasteiger partial charge in [0, 0.05) is 83.8 Å². The Morgan fingerprint density at radius 3 is 0.562 bits per heavy atom. The second-order valence-corrected chi connectivity index (χ2v) is 32.4. The fourth-order valence-electron chi connectivity index (χ4n) is 18.2. The maximum absolute atomic E-state index is 10.4. The summed E-state index contributed by atoms with van der Waals surface area (Å²) in [6.07, 6.45) is 0.703. The van der Waals surface area contributed by atoms with Crippen LogP contribution in [-0.2, 0) is 9.59 Å². The Hall–Kier alpha value is -14.7. The van der Waals surface area contributed by atoms with Crippen molar-refractivity contribution in [1.29, 1.82) is 0 Å². The van der Waals surface area contributed by atoms with E-state index in [1.165, 1.54) is 129 Å². The molecule has 0 bridgehead atoms. The third-order valence-corrected chi connectivity index (χ3v) is 25.1. The molecule has 0 radical (unpaired) electrons. The van der Waals surface area contributed by atoms with Crippen molar-refractivity contribution in [1.82, 2.24) is 3.93 Å². The molecule has 1 aliphatic heterocycles. The van der Waals surface area contributed by atoms with Gasteiger partial charge in [0.15, 0.2) is 0 Å². The Morgan fingerprint density at radius 1 is 0.182 bits per heavy atom. The van der Waals surface area contributed by atoms with Crippen molar-refractivity contribution in [2.24, 2.45) is 0 Å². The third kappa shape index (κ3) is 13.5. The Morgan fingerprint density at radius 2 is 0.347 bits per heavy atom. The monoisotopic (exact) mass is 1680 g/mol. The molecule has 23 rings (SSSR count). The number of rotatable bonds is 12. The summed E-state index contributed by atoms with van der Waals surface area (Å²) in [5.74, 6) is -0.287. The zero-order valence-electron chi connectivity index (χ0n) is 65.7. The fraction of sp³-hybridized carbons (Fsp3) is 0.0179. The quantitative estimate of drug-likeness (QED) is 0.0690. The van der Waals surface area contributed by atoms with Crippen LogP contribution in [0, 0.1) is 0 Å². The van der Waals surface area contributed by atoms with Crippen LogP contribution >= 0.6 is 32.1 Å². The lowest BCUT2D eigenvalue weighted by Crippen LogP contribution is -2.16. The summed E-state index contributed by atoms with van der Waals surface area (Å²) in [5, 5.41) is 29.5. The van der Waals surface area contributed by atoms with Crippen molar-refractivity contribution < 1.29 is 9.59 Å². The second-order valence-electron chi connectivity index (χ2n) is 30.7. The molecule has 1 aliphatic rings. The third-order valence-electron chi connectivity index (χ3n) is 23.7. The number of halogens is 2. The van der Waals surface area contributed by atoms with E-state index in [1.54, 1.807) is 0 Å². The van der Waals surface area contributed by atoms with E-state index < -0.39 is 0 Å². The van der Waals surface area contributed by atoms with Crippen molar-refractivity contribution in [3.05, 3.63) is 435 Å². The van der Waals surface area contributed by atoms with Gasteiger partial charge in [-0.25, -0.2) is 3.93 Å². The van der Waals surface area contributed by atoms with E-state index in [9.17, 15) is 9.59 Å². The minimum Gasteiger partial charge on any atom is -0.310 e. The van der Waals surface area contributed by atoms with Crippen LogP contribution in [0.4, 0.5) is 68.2 Å². The van der Waals surface area contributed by atoms with E-state index >= 15 is 0 Å². The predicted molar refractivity (Wildman–Crippen MR) is 519 cm³/mol. The molecule has 0 saturated carbocycles. The number of fused-ring (bicyclic) bond motifs is 18. The van der Waals surface area contributed by atoms with Gasteiger partial charge < -0.3 is 19.6 Å². The van der Waals surface area contributed by atoms with Crippen LogP contribution in [-0.4, -0.2) is 15.7 Å². The standard InChI is InChI=1S/C54H35BrN2.C54H36N2.C4H4BrNO2/c55-39-25-27-40(28-26-39)56(52-33-36-13-1-4-16-43(36)46-19-7-10-22-49(46)52)41-29-31-42(32-30-41)57(53-34-37-14-2-5-17-44(37)47-20-8-11-23-50(47)53)54-35-38-15-3-6-18-45(38)48-21-9-12-24-51(48)54;1-2-19-40(20-3-1)55(52-34-37-16-4-7-21-43(37)46-24-10-13-27-49(46)52)41-30-32-42(33-31-41)56(53-35-38-17-5-8-22-44(38)47-25-11-14-28-50(47)53)54-36-39-18-6-9-23-45(39)48-26-12-15-29-51(48)54;5-6-3(7)1-2-4(6)8/h1-35H;1-36H;1-2H2. The smallest absolute Gasteiger partial charge is 0.239 e. The van der Waals surface area contributed by atoms with Gasteiger partial charge in [-0.3, -0.25) is 9.59 Å². The summed E-state index contributed by atoms with van der Waals surface area (Å²) in [5.41, 5.74) is 13.4. The van der Waals surface area contributed by atoms with Gasteiger partial charge in [-0.15, -0.1) is 0 Å². The van der Waals surface area contributed by atoms with Crippen LogP contribution in [0.3, 0.4) is 0 Å². The van der Waals surface area contributed by atoms with E-state index in [0.717, 1.165) is 76.6 Å². The van der Waals surface area contributed by atoms with Gasteiger partial charge in [0.1, 0.15) is 0 Å². The van der Waals surface area contributed by atoms with E-state index in [2.05, 4.69) is 482 Å². The van der Waals surface area contributed by atoms with Crippen molar-refractivity contribution in [3.8, 4) is 0 Å². The first kappa shape index (κ1) is 73.9. The molecule has 0 N–H and O–H groups in total. The largest absolute Gasteiger partial charge is 0.310 e. The number of carbonyl (C=O) groups is 2. The summed E-state index contributed by atoms with van der Waals surface area (Å²) >= 11 is 6.49. The molecule has 22 aromatic carbocycles. The van der Waals surface area contributed by atoms with Crippen molar-refractivity contribution >= 4 is 241 Å². The van der Waals surface area contributed by atoms with Gasteiger partial charge in [-0.2, -0.15) is 0 Å². The zero-order valence-corrected chi connectivity index (χ0v) is 68.9. The molecular weight excluding hydrogens is 1610 g/mol. The highest BCUT2D eigenvalue weighted by Crippen LogP contribution is 2.52. The Balaban J connectivity index is 0.000000137.